The summed E-state index contributed by atoms with van der Waals surface area (Å²) >= 11 is 0. The number of nitriles is 1. The Labute approximate surface area is 162 Å². The van der Waals surface area contributed by atoms with Gasteiger partial charge >= 0.3 is 5.69 Å². The number of aromatic nitrogens is 3. The smallest absolute Gasteiger partial charge is 0.329 e. The molecule has 2 aromatic heterocycles. The molecule has 1 atom stereocenters. The van der Waals surface area contributed by atoms with Gasteiger partial charge < -0.3 is 10.3 Å². The SMILES string of the molecule is Cc1cc(C#N)cnc1[C@H](C)NC(=O)Cn1c(=O)[nH]c2ccc(F)c(F)c2c1=O. The first-order chi connectivity index (χ1) is 13.7. The highest BCUT2D eigenvalue weighted by atomic mass is 19.2. The summed E-state index contributed by atoms with van der Waals surface area (Å²) in [6.07, 6.45) is 1.36. The molecule has 0 radical (unpaired) electrons. The van der Waals surface area contributed by atoms with Crippen LogP contribution in [-0.4, -0.2) is 20.4 Å². The molecule has 0 bridgehead atoms. The molecule has 3 aromatic rings. The summed E-state index contributed by atoms with van der Waals surface area (Å²) in [7, 11) is 0. The van der Waals surface area contributed by atoms with Crippen LogP contribution in [0.25, 0.3) is 10.9 Å². The summed E-state index contributed by atoms with van der Waals surface area (Å²) < 4.78 is 27.9. The van der Waals surface area contributed by atoms with E-state index in [4.69, 9.17) is 5.26 Å². The molecule has 8 nitrogen and oxygen atoms in total. The van der Waals surface area contributed by atoms with Gasteiger partial charge in [-0.1, -0.05) is 0 Å². The van der Waals surface area contributed by atoms with Crippen LogP contribution in [0.15, 0.2) is 34.0 Å². The van der Waals surface area contributed by atoms with Gasteiger partial charge in [0, 0.05) is 6.20 Å². The van der Waals surface area contributed by atoms with Gasteiger partial charge in [0.15, 0.2) is 11.6 Å². The zero-order chi connectivity index (χ0) is 21.3. The number of halogens is 2. The quantitative estimate of drug-likeness (QED) is 0.687. The molecule has 2 N–H and O–H groups in total. The van der Waals surface area contributed by atoms with Crippen LogP contribution < -0.4 is 16.6 Å². The molecule has 0 saturated carbocycles. The molecular weight excluding hydrogens is 384 g/mol. The van der Waals surface area contributed by atoms with E-state index < -0.39 is 46.8 Å². The summed E-state index contributed by atoms with van der Waals surface area (Å²) in [6.45, 7) is 2.67. The number of carbonyl (C=O) groups excluding carboxylic acids is 1. The van der Waals surface area contributed by atoms with Crippen LogP contribution in [-0.2, 0) is 11.3 Å². The number of amides is 1. The summed E-state index contributed by atoms with van der Waals surface area (Å²) in [5.41, 5.74) is -0.657. The summed E-state index contributed by atoms with van der Waals surface area (Å²) in [6, 6.07) is 4.85. The molecule has 2 heterocycles. The molecule has 148 valence electrons. The van der Waals surface area contributed by atoms with Crippen LogP contribution in [0, 0.1) is 29.9 Å². The zero-order valence-corrected chi connectivity index (χ0v) is 15.4. The van der Waals surface area contributed by atoms with Gasteiger partial charge in [-0.15, -0.1) is 0 Å². The van der Waals surface area contributed by atoms with Crippen molar-refractivity contribution in [1.29, 1.82) is 5.26 Å². The van der Waals surface area contributed by atoms with Gasteiger partial charge in [-0.3, -0.25) is 19.1 Å². The molecule has 0 aliphatic heterocycles. The minimum Gasteiger partial charge on any atom is -0.346 e. The molecule has 29 heavy (non-hydrogen) atoms. The number of fused-ring (bicyclic) bond motifs is 1. The Morgan fingerprint density at radius 2 is 2.10 bits per heavy atom. The van der Waals surface area contributed by atoms with Crippen LogP contribution in [0.4, 0.5) is 8.78 Å². The van der Waals surface area contributed by atoms with Crippen molar-refractivity contribution in [1.82, 2.24) is 19.9 Å². The van der Waals surface area contributed by atoms with Gasteiger partial charge in [-0.2, -0.15) is 5.26 Å². The fourth-order valence-corrected chi connectivity index (χ4v) is 3.02. The first kappa shape index (κ1) is 19.9. The minimum atomic E-state index is -1.40. The van der Waals surface area contributed by atoms with Crippen LogP contribution in [0.2, 0.25) is 0 Å². The topological polar surface area (TPSA) is 121 Å². The number of rotatable bonds is 4. The highest BCUT2D eigenvalue weighted by Gasteiger charge is 2.19. The Morgan fingerprint density at radius 3 is 2.76 bits per heavy atom. The number of aromatic amines is 1. The lowest BCUT2D eigenvalue weighted by Gasteiger charge is -2.16. The van der Waals surface area contributed by atoms with Gasteiger partial charge in [0.2, 0.25) is 5.91 Å². The molecular formula is C19H15F2N5O3. The molecule has 1 aromatic carbocycles. The van der Waals surface area contributed by atoms with Crippen molar-refractivity contribution >= 4 is 16.8 Å². The largest absolute Gasteiger partial charge is 0.346 e. The standard InChI is InChI=1S/C19H15F2N5O3/c1-9-5-11(6-22)7-23-17(9)10(2)24-14(27)8-26-18(28)15-13(25-19(26)29)4-3-12(20)16(15)21/h3-5,7,10H,8H2,1-2H3,(H,24,27)(H,25,29)/t10-/m0/s1. The monoisotopic (exact) mass is 399 g/mol. The van der Waals surface area contributed by atoms with Crippen LogP contribution >= 0.6 is 0 Å². The molecule has 10 heteroatoms. The normalized spacial score (nSPS) is 11.8. The Kier molecular flexibility index (Phi) is 5.23. The molecule has 0 aliphatic carbocycles. The van der Waals surface area contributed by atoms with Crippen molar-refractivity contribution in [2.75, 3.05) is 0 Å². The first-order valence-corrected chi connectivity index (χ1v) is 8.49. The van der Waals surface area contributed by atoms with Crippen molar-refractivity contribution < 1.29 is 13.6 Å². The number of nitrogens with zero attached hydrogens (tertiary/aromatic N) is 3. The van der Waals surface area contributed by atoms with Crippen molar-refractivity contribution in [3.8, 4) is 6.07 Å². The first-order valence-electron chi connectivity index (χ1n) is 8.49. The third-order valence-corrected chi connectivity index (χ3v) is 4.38. The number of nitrogens with one attached hydrogen (secondary N) is 2. The second-order valence-electron chi connectivity index (χ2n) is 6.43. The number of H-pyrrole nitrogens is 1. The van der Waals surface area contributed by atoms with Gasteiger partial charge in [0.25, 0.3) is 5.56 Å². The molecule has 0 saturated heterocycles. The lowest BCUT2D eigenvalue weighted by Crippen LogP contribution is -2.41. The maximum atomic E-state index is 14.0. The molecule has 0 unspecified atom stereocenters. The van der Waals surface area contributed by atoms with Crippen LogP contribution in [0.5, 0.6) is 0 Å². The summed E-state index contributed by atoms with van der Waals surface area (Å²) in [5.74, 6) is -3.34. The lowest BCUT2D eigenvalue weighted by atomic mass is 10.1. The fourth-order valence-electron chi connectivity index (χ4n) is 3.02. The van der Waals surface area contributed by atoms with Gasteiger partial charge in [-0.25, -0.2) is 13.6 Å². The molecule has 0 fully saturated rings. The van der Waals surface area contributed by atoms with E-state index in [0.29, 0.717) is 21.4 Å². The van der Waals surface area contributed by atoms with Gasteiger partial charge in [-0.05, 0) is 37.6 Å². The summed E-state index contributed by atoms with van der Waals surface area (Å²) in [5, 5.41) is 10.8. The second kappa shape index (κ2) is 7.63. The maximum absolute atomic E-state index is 14.0. The Bertz CT molecular complexity index is 1290. The minimum absolute atomic E-state index is 0.165. The lowest BCUT2D eigenvalue weighted by molar-refractivity contribution is -0.122. The predicted molar refractivity (Wildman–Crippen MR) is 99.0 cm³/mol. The highest BCUT2D eigenvalue weighted by Crippen LogP contribution is 2.16. The van der Waals surface area contributed by atoms with Crippen LogP contribution in [0.3, 0.4) is 0 Å². The summed E-state index contributed by atoms with van der Waals surface area (Å²) in [4.78, 5) is 43.3. The number of hydrogen-bond donors (Lipinski definition) is 2. The Hall–Kier alpha value is -3.87. The van der Waals surface area contributed by atoms with Crippen molar-refractivity contribution in [3.05, 3.63) is 73.7 Å². The molecule has 1 amide bonds. The van der Waals surface area contributed by atoms with E-state index in [1.165, 1.54) is 6.20 Å². The van der Waals surface area contributed by atoms with E-state index in [1.807, 2.05) is 6.07 Å². The number of benzene rings is 1. The van der Waals surface area contributed by atoms with E-state index in [-0.39, 0.29) is 5.52 Å². The van der Waals surface area contributed by atoms with Crippen molar-refractivity contribution in [2.45, 2.75) is 26.4 Å². The molecule has 3 rings (SSSR count). The average molecular weight is 399 g/mol. The molecule has 0 aliphatic rings. The van der Waals surface area contributed by atoms with Gasteiger partial charge in [0.1, 0.15) is 18.0 Å². The average Bonchev–Trinajstić information content (AvgIpc) is 2.67. The highest BCUT2D eigenvalue weighted by molar-refractivity contribution is 5.79. The van der Waals surface area contributed by atoms with E-state index in [9.17, 15) is 23.2 Å². The zero-order valence-electron chi connectivity index (χ0n) is 15.4. The van der Waals surface area contributed by atoms with E-state index >= 15 is 0 Å². The third-order valence-electron chi connectivity index (χ3n) is 4.38. The van der Waals surface area contributed by atoms with Crippen molar-refractivity contribution in [3.63, 3.8) is 0 Å². The number of aryl methyl sites for hydroxylation is 1. The number of carbonyl (C=O) groups is 1. The Morgan fingerprint density at radius 1 is 1.38 bits per heavy atom. The van der Waals surface area contributed by atoms with E-state index in [2.05, 4.69) is 15.3 Å². The van der Waals surface area contributed by atoms with Gasteiger partial charge in [0.05, 0.1) is 22.8 Å². The molecule has 0 spiro atoms. The fraction of sp³-hybridized carbons (Fsp3) is 0.211. The van der Waals surface area contributed by atoms with E-state index in [0.717, 1.165) is 12.1 Å². The van der Waals surface area contributed by atoms with Crippen molar-refractivity contribution in [2.24, 2.45) is 0 Å². The second-order valence-corrected chi connectivity index (χ2v) is 6.43. The number of hydrogen-bond acceptors (Lipinski definition) is 5. The predicted octanol–water partition coefficient (Wildman–Crippen LogP) is 1.42. The maximum Gasteiger partial charge on any atom is 0.329 e. The third kappa shape index (κ3) is 3.75. The van der Waals surface area contributed by atoms with Crippen LogP contribution in [0.1, 0.15) is 29.8 Å². The number of pyridine rings is 1. The Balaban J connectivity index is 1.89. The van der Waals surface area contributed by atoms with E-state index in [1.54, 1.807) is 19.9 Å².